The molecular weight excluding hydrogens is 161 g/mol. The minimum absolute atomic E-state index is 0. The van der Waals surface area contributed by atoms with Gasteiger partial charge in [0, 0.05) is 42.1 Å². The SMILES string of the molecule is [Na].[O-][N+](=NO)N1CC(CO)C1. The maximum atomic E-state index is 10.4. The largest absolute Gasteiger partial charge is 0.569 e. The minimum Gasteiger partial charge on any atom is -0.569 e. The number of hydrazine groups is 1. The summed E-state index contributed by atoms with van der Waals surface area (Å²) in [5, 5.41) is 30.6. The van der Waals surface area contributed by atoms with Crippen LogP contribution < -0.4 is 0 Å². The van der Waals surface area contributed by atoms with Crippen LogP contribution in [0.5, 0.6) is 0 Å². The molecule has 1 heterocycles. The van der Waals surface area contributed by atoms with Crippen LogP contribution in [-0.2, 0) is 0 Å². The summed E-state index contributed by atoms with van der Waals surface area (Å²) in [6.07, 6.45) is 0. The normalized spacial score (nSPS) is 19.0. The van der Waals surface area contributed by atoms with Crippen LogP contribution in [0.2, 0.25) is 0 Å². The molecule has 1 saturated heterocycles. The smallest absolute Gasteiger partial charge is 0.230 e. The summed E-state index contributed by atoms with van der Waals surface area (Å²) in [6.45, 7) is 1.00. The number of rotatable bonds is 2. The molecule has 0 bridgehead atoms. The van der Waals surface area contributed by atoms with Crippen LogP contribution in [0.3, 0.4) is 0 Å². The van der Waals surface area contributed by atoms with Crippen molar-refractivity contribution in [3.8, 4) is 0 Å². The van der Waals surface area contributed by atoms with E-state index < -0.39 is 0 Å². The van der Waals surface area contributed by atoms with E-state index in [9.17, 15) is 5.21 Å². The van der Waals surface area contributed by atoms with Crippen molar-refractivity contribution in [3.05, 3.63) is 5.21 Å². The monoisotopic (exact) mass is 170 g/mol. The van der Waals surface area contributed by atoms with Crippen molar-refractivity contribution in [1.82, 2.24) is 5.01 Å². The molecule has 0 saturated carbocycles. The molecule has 7 heteroatoms. The predicted molar refractivity (Wildman–Crippen MR) is 35.7 cm³/mol. The van der Waals surface area contributed by atoms with Crippen molar-refractivity contribution in [2.24, 2.45) is 11.2 Å². The summed E-state index contributed by atoms with van der Waals surface area (Å²) in [6, 6.07) is 0. The van der Waals surface area contributed by atoms with E-state index >= 15 is 0 Å². The Labute approximate surface area is 85.9 Å². The van der Waals surface area contributed by atoms with Gasteiger partial charge in [-0.1, -0.05) is 0 Å². The fraction of sp³-hybridized carbons (Fsp3) is 1.00. The third-order valence-corrected chi connectivity index (χ3v) is 1.51. The van der Waals surface area contributed by atoms with Gasteiger partial charge >= 0.3 is 0 Å². The Morgan fingerprint density at radius 3 is 2.55 bits per heavy atom. The average molecular weight is 170 g/mol. The zero-order valence-corrected chi connectivity index (χ0v) is 8.34. The molecule has 0 spiro atoms. The quantitative estimate of drug-likeness (QED) is 0.236. The number of hydrogen-bond acceptors (Lipinski definition) is 3. The molecule has 1 rings (SSSR count). The third-order valence-electron chi connectivity index (χ3n) is 1.51. The van der Waals surface area contributed by atoms with E-state index in [0.29, 0.717) is 13.1 Å². The molecule has 2 N–H and O–H groups in total. The molecule has 1 fully saturated rings. The number of nitrogens with zero attached hydrogens (tertiary/aromatic N) is 3. The Morgan fingerprint density at radius 1 is 1.64 bits per heavy atom. The van der Waals surface area contributed by atoms with Crippen molar-refractivity contribution >= 4 is 29.6 Å². The average Bonchev–Trinajstić information content (AvgIpc) is 1.85. The zero-order chi connectivity index (χ0) is 7.56. The number of aliphatic hydroxyl groups excluding tert-OH is 1. The molecule has 6 nitrogen and oxygen atoms in total. The zero-order valence-electron chi connectivity index (χ0n) is 6.34. The van der Waals surface area contributed by atoms with Crippen LogP contribution in [0, 0.1) is 11.1 Å². The van der Waals surface area contributed by atoms with Gasteiger partial charge in [-0.15, -0.1) is 5.01 Å². The summed E-state index contributed by atoms with van der Waals surface area (Å²) in [4.78, 5) is 0.117. The van der Waals surface area contributed by atoms with Gasteiger partial charge in [0.25, 0.3) is 0 Å². The van der Waals surface area contributed by atoms with Crippen LogP contribution in [-0.4, -0.2) is 69.5 Å². The second kappa shape index (κ2) is 4.76. The summed E-state index contributed by atoms with van der Waals surface area (Å²) < 4.78 is 0. The van der Waals surface area contributed by atoms with Gasteiger partial charge in [0.15, 0.2) is 0 Å². The Balaban J connectivity index is 0.000001000. The molecule has 0 atom stereocenters. The van der Waals surface area contributed by atoms with Crippen LogP contribution in [0.1, 0.15) is 0 Å². The molecule has 1 aliphatic heterocycles. The summed E-state index contributed by atoms with van der Waals surface area (Å²) >= 11 is 0. The van der Waals surface area contributed by atoms with Crippen LogP contribution in [0.25, 0.3) is 0 Å². The molecule has 1 radical (unpaired) electrons. The Morgan fingerprint density at radius 2 is 2.18 bits per heavy atom. The van der Waals surface area contributed by atoms with Crippen molar-refractivity contribution in [2.75, 3.05) is 19.7 Å². The van der Waals surface area contributed by atoms with Gasteiger partial charge in [-0.2, -0.15) is 0 Å². The van der Waals surface area contributed by atoms with E-state index in [1.165, 1.54) is 5.01 Å². The summed E-state index contributed by atoms with van der Waals surface area (Å²) in [5.41, 5.74) is 0. The first-order chi connectivity index (χ1) is 4.77. The third kappa shape index (κ3) is 2.48. The van der Waals surface area contributed by atoms with Gasteiger partial charge in [-0.05, 0) is 0 Å². The van der Waals surface area contributed by atoms with Gasteiger partial charge in [-0.25, -0.2) is 0 Å². The predicted octanol–water partition coefficient (Wildman–Crippen LogP) is -1.20. The van der Waals surface area contributed by atoms with Crippen molar-refractivity contribution in [1.29, 1.82) is 0 Å². The second-order valence-electron chi connectivity index (χ2n) is 2.26. The molecule has 0 aliphatic carbocycles. The molecule has 0 aromatic rings. The standard InChI is InChI=1S/C4H9N3O3.Na/c8-3-4-1-6(2-4)7(10)5-9;/h4,8-9H,1-3H2;. The van der Waals surface area contributed by atoms with E-state index in [0.717, 1.165) is 0 Å². The number of aliphatic hydroxyl groups is 1. The molecule has 1 aliphatic rings. The molecule has 0 aromatic carbocycles. The maximum absolute atomic E-state index is 10.4. The van der Waals surface area contributed by atoms with Gasteiger partial charge in [-0.3, -0.25) is 0 Å². The summed E-state index contributed by atoms with van der Waals surface area (Å²) in [7, 11) is 0. The first kappa shape index (κ1) is 11.0. The van der Waals surface area contributed by atoms with Crippen LogP contribution in [0.4, 0.5) is 0 Å². The van der Waals surface area contributed by atoms with Crippen molar-refractivity contribution in [2.45, 2.75) is 0 Å². The molecule has 59 valence electrons. The van der Waals surface area contributed by atoms with E-state index in [1.807, 2.05) is 0 Å². The Hall–Kier alpha value is -0.0400. The Kier molecular flexibility index (Phi) is 4.74. The van der Waals surface area contributed by atoms with E-state index in [-0.39, 0.29) is 47.1 Å². The fourth-order valence-electron chi connectivity index (χ4n) is 0.854. The Bertz CT molecular complexity index is 148. The molecule has 0 aromatic heterocycles. The molecule has 0 amide bonds. The van der Waals surface area contributed by atoms with Crippen LogP contribution >= 0.6 is 0 Å². The van der Waals surface area contributed by atoms with E-state index in [2.05, 4.69) is 5.28 Å². The maximum Gasteiger partial charge on any atom is 0.230 e. The van der Waals surface area contributed by atoms with E-state index in [4.69, 9.17) is 10.3 Å². The topological polar surface area (TPSA) is 82.1 Å². The van der Waals surface area contributed by atoms with Crippen molar-refractivity contribution < 1.29 is 15.3 Å². The molecular formula is C4H9N3NaO3. The molecule has 11 heavy (non-hydrogen) atoms. The van der Waals surface area contributed by atoms with Gasteiger partial charge in [0.05, 0.1) is 18.1 Å². The number of hydrogen-bond donors (Lipinski definition) is 2. The van der Waals surface area contributed by atoms with Crippen molar-refractivity contribution in [3.63, 3.8) is 0 Å². The van der Waals surface area contributed by atoms with Gasteiger partial charge in [0.1, 0.15) is 0 Å². The van der Waals surface area contributed by atoms with Gasteiger partial charge < -0.3 is 15.5 Å². The minimum atomic E-state index is 0. The second-order valence-corrected chi connectivity index (χ2v) is 2.26. The fourth-order valence-corrected chi connectivity index (χ4v) is 0.854. The molecule has 0 unspecified atom stereocenters. The van der Waals surface area contributed by atoms with Gasteiger partial charge in [0.2, 0.25) is 5.28 Å². The summed E-state index contributed by atoms with van der Waals surface area (Å²) in [5.74, 6) is 0.151. The first-order valence-corrected chi connectivity index (χ1v) is 2.96. The van der Waals surface area contributed by atoms with E-state index in [1.54, 1.807) is 0 Å². The first-order valence-electron chi connectivity index (χ1n) is 2.96. The van der Waals surface area contributed by atoms with Crippen LogP contribution in [0.15, 0.2) is 5.28 Å².